The number of hydrogen-bond donors (Lipinski definition) is 2. The van der Waals surface area contributed by atoms with Crippen molar-refractivity contribution in [2.24, 2.45) is 5.41 Å². The number of amides is 2. The Kier molecular flexibility index (Phi) is 10.4. The summed E-state index contributed by atoms with van der Waals surface area (Å²) in [6.07, 6.45) is -2.20. The van der Waals surface area contributed by atoms with Crippen LogP contribution in [-0.2, 0) is 31.8 Å². The lowest BCUT2D eigenvalue weighted by molar-refractivity contribution is -0.149. The number of carbonyl (C=O) groups is 3. The van der Waals surface area contributed by atoms with Gasteiger partial charge in [0.05, 0.1) is 12.1 Å². The molecule has 0 saturated carbocycles. The highest BCUT2D eigenvalue weighted by Crippen LogP contribution is 2.43. The number of cyclic esters (lactones) is 1. The molecule has 42 heavy (non-hydrogen) atoms. The summed E-state index contributed by atoms with van der Waals surface area (Å²) >= 11 is 0. The molecule has 2 aromatic carbocycles. The number of esters is 1. The van der Waals surface area contributed by atoms with Crippen molar-refractivity contribution in [1.82, 2.24) is 10.2 Å². The van der Waals surface area contributed by atoms with Crippen molar-refractivity contribution in [3.8, 4) is 0 Å². The van der Waals surface area contributed by atoms with Crippen molar-refractivity contribution < 1.29 is 33.7 Å². The van der Waals surface area contributed by atoms with E-state index in [1.54, 1.807) is 20.8 Å². The molecule has 1 saturated heterocycles. The summed E-state index contributed by atoms with van der Waals surface area (Å²) in [5, 5.41) is 14.6. The quantitative estimate of drug-likeness (QED) is 0.219. The Morgan fingerprint density at radius 2 is 1.62 bits per heavy atom. The predicted molar refractivity (Wildman–Crippen MR) is 160 cm³/mol. The minimum absolute atomic E-state index is 0.0595. The monoisotopic (exact) mass is 580 g/mol. The van der Waals surface area contributed by atoms with E-state index >= 15 is 0 Å². The molecule has 2 N–H and O–H groups in total. The third-order valence-electron chi connectivity index (χ3n) is 6.91. The standard InChI is InChI=1S/C33H44N2O7/c1-8-19-40-30(39)35-27(31(2,3)4)41-28(37)33(35,21-24-17-13-10-14-18-24)22-26(36)25(20-23-15-11-9-12-16-23)34-29(38)42-32(5,6)7/h8-18,25-27,36H,1,19-22H2,2-7H3,(H,34,38)/t25-,26-,27+,33-/m0/s1. The molecule has 228 valence electrons. The van der Waals surface area contributed by atoms with Crippen molar-refractivity contribution in [3.05, 3.63) is 84.4 Å². The Hall–Kier alpha value is -3.85. The van der Waals surface area contributed by atoms with Gasteiger partial charge in [-0.25, -0.2) is 14.4 Å². The second kappa shape index (κ2) is 13.4. The summed E-state index contributed by atoms with van der Waals surface area (Å²) in [5.41, 5.74) is -1.45. The molecule has 4 atom stereocenters. The lowest BCUT2D eigenvalue weighted by atomic mass is 9.81. The summed E-state index contributed by atoms with van der Waals surface area (Å²) in [7, 11) is 0. The minimum Gasteiger partial charge on any atom is -0.445 e. The number of hydrogen-bond acceptors (Lipinski definition) is 7. The molecular weight excluding hydrogens is 536 g/mol. The predicted octanol–water partition coefficient (Wildman–Crippen LogP) is 5.41. The molecular formula is C33H44N2O7. The second-order valence-corrected chi connectivity index (χ2v) is 12.8. The number of nitrogens with zero attached hydrogens (tertiary/aromatic N) is 1. The van der Waals surface area contributed by atoms with Gasteiger partial charge in [-0.3, -0.25) is 4.90 Å². The number of ether oxygens (including phenoxy) is 3. The van der Waals surface area contributed by atoms with Crippen molar-refractivity contribution in [1.29, 1.82) is 0 Å². The van der Waals surface area contributed by atoms with Gasteiger partial charge in [0.2, 0.25) is 0 Å². The zero-order valence-electron chi connectivity index (χ0n) is 25.5. The van der Waals surface area contributed by atoms with Gasteiger partial charge in [0.15, 0.2) is 11.8 Å². The molecule has 0 radical (unpaired) electrons. The molecule has 1 aliphatic heterocycles. The van der Waals surface area contributed by atoms with Crippen LogP contribution in [-0.4, -0.2) is 64.3 Å². The maximum atomic E-state index is 14.0. The SMILES string of the molecule is C=CCOC(=O)N1[C@@H](C(C)(C)C)OC(=O)[C@]1(Cc1ccccc1)C[C@H](O)[C@H](Cc1ccccc1)NC(=O)OC(C)(C)C. The molecule has 2 aromatic rings. The van der Waals surface area contributed by atoms with Gasteiger partial charge in [-0.15, -0.1) is 0 Å². The highest BCUT2D eigenvalue weighted by Gasteiger charge is 2.61. The van der Waals surface area contributed by atoms with Gasteiger partial charge in [-0.05, 0) is 38.3 Å². The molecule has 0 aromatic heterocycles. The third-order valence-corrected chi connectivity index (χ3v) is 6.91. The van der Waals surface area contributed by atoms with Crippen molar-refractivity contribution in [2.75, 3.05) is 6.61 Å². The van der Waals surface area contributed by atoms with Crippen LogP contribution in [0.25, 0.3) is 0 Å². The largest absolute Gasteiger partial charge is 0.445 e. The van der Waals surface area contributed by atoms with Crippen LogP contribution >= 0.6 is 0 Å². The fourth-order valence-electron chi connectivity index (χ4n) is 5.06. The number of alkyl carbamates (subject to hydrolysis) is 1. The van der Waals surface area contributed by atoms with Crippen LogP contribution < -0.4 is 5.32 Å². The van der Waals surface area contributed by atoms with E-state index in [1.807, 2.05) is 81.4 Å². The minimum atomic E-state index is -1.64. The van der Waals surface area contributed by atoms with E-state index < -0.39 is 53.1 Å². The van der Waals surface area contributed by atoms with E-state index in [9.17, 15) is 19.5 Å². The van der Waals surface area contributed by atoms with Gasteiger partial charge < -0.3 is 24.6 Å². The zero-order valence-corrected chi connectivity index (χ0v) is 25.5. The number of aliphatic hydroxyl groups excluding tert-OH is 1. The molecule has 2 amide bonds. The lowest BCUT2D eigenvalue weighted by Gasteiger charge is -2.41. The number of rotatable bonds is 10. The van der Waals surface area contributed by atoms with E-state index in [2.05, 4.69) is 11.9 Å². The topological polar surface area (TPSA) is 114 Å². The average molecular weight is 581 g/mol. The maximum Gasteiger partial charge on any atom is 0.413 e. The Morgan fingerprint density at radius 3 is 2.14 bits per heavy atom. The van der Waals surface area contributed by atoms with E-state index in [0.29, 0.717) is 0 Å². The zero-order chi connectivity index (χ0) is 31.1. The summed E-state index contributed by atoms with van der Waals surface area (Å²) in [6, 6.07) is 17.7. The van der Waals surface area contributed by atoms with Gasteiger partial charge in [-0.2, -0.15) is 0 Å². The highest BCUT2D eigenvalue weighted by atomic mass is 16.6. The Labute approximate surface area is 248 Å². The Bertz CT molecular complexity index is 1220. The van der Waals surface area contributed by atoms with Gasteiger partial charge in [0.25, 0.3) is 0 Å². The molecule has 0 aliphatic carbocycles. The second-order valence-electron chi connectivity index (χ2n) is 12.8. The maximum absolute atomic E-state index is 14.0. The first-order valence-electron chi connectivity index (χ1n) is 14.2. The van der Waals surface area contributed by atoms with Crippen molar-refractivity contribution in [2.45, 2.75) is 90.3 Å². The normalized spacial score (nSPS) is 20.3. The van der Waals surface area contributed by atoms with Crippen LogP contribution in [0.15, 0.2) is 73.3 Å². The van der Waals surface area contributed by atoms with Crippen molar-refractivity contribution >= 4 is 18.2 Å². The fourth-order valence-corrected chi connectivity index (χ4v) is 5.06. The average Bonchev–Trinajstić information content (AvgIpc) is 3.18. The van der Waals surface area contributed by atoms with Crippen LogP contribution in [0.1, 0.15) is 59.1 Å². The molecule has 0 bridgehead atoms. The summed E-state index contributed by atoms with van der Waals surface area (Å²) in [6.45, 7) is 14.4. The fraction of sp³-hybridized carbons (Fsp3) is 0.485. The van der Waals surface area contributed by atoms with E-state index in [0.717, 1.165) is 11.1 Å². The molecule has 1 fully saturated rings. The Balaban J connectivity index is 2.08. The van der Waals surface area contributed by atoms with Crippen LogP contribution in [0.3, 0.4) is 0 Å². The van der Waals surface area contributed by atoms with Gasteiger partial charge >= 0.3 is 18.2 Å². The lowest BCUT2D eigenvalue weighted by Crippen LogP contribution is -2.60. The third kappa shape index (κ3) is 8.35. The summed E-state index contributed by atoms with van der Waals surface area (Å²) < 4.78 is 16.9. The van der Waals surface area contributed by atoms with Gasteiger partial charge in [0, 0.05) is 18.3 Å². The molecule has 9 heteroatoms. The van der Waals surface area contributed by atoms with Gasteiger partial charge in [0.1, 0.15) is 12.2 Å². The number of carbonyl (C=O) groups excluding carboxylic acids is 3. The number of benzene rings is 2. The molecule has 0 unspecified atom stereocenters. The summed E-state index contributed by atoms with van der Waals surface area (Å²) in [5.74, 6) is -0.656. The van der Waals surface area contributed by atoms with E-state index in [1.165, 1.54) is 11.0 Å². The van der Waals surface area contributed by atoms with E-state index in [4.69, 9.17) is 14.2 Å². The summed E-state index contributed by atoms with van der Waals surface area (Å²) in [4.78, 5) is 41.8. The first-order chi connectivity index (χ1) is 19.7. The van der Waals surface area contributed by atoms with Crippen molar-refractivity contribution in [3.63, 3.8) is 0 Å². The molecule has 0 spiro atoms. The molecule has 3 rings (SSSR count). The van der Waals surface area contributed by atoms with E-state index in [-0.39, 0.29) is 25.9 Å². The number of aliphatic hydroxyl groups is 1. The Morgan fingerprint density at radius 1 is 1.05 bits per heavy atom. The van der Waals surface area contributed by atoms with Crippen LogP contribution in [0.5, 0.6) is 0 Å². The molecule has 1 heterocycles. The molecule has 9 nitrogen and oxygen atoms in total. The van der Waals surface area contributed by atoms with Crippen LogP contribution in [0, 0.1) is 5.41 Å². The first kappa shape index (κ1) is 32.7. The van der Waals surface area contributed by atoms with Crippen LogP contribution in [0.2, 0.25) is 0 Å². The first-order valence-corrected chi connectivity index (χ1v) is 14.2. The van der Waals surface area contributed by atoms with Crippen LogP contribution in [0.4, 0.5) is 9.59 Å². The smallest absolute Gasteiger partial charge is 0.413 e. The highest BCUT2D eigenvalue weighted by molar-refractivity contribution is 5.89. The van der Waals surface area contributed by atoms with Gasteiger partial charge in [-0.1, -0.05) is 94.1 Å². The molecule has 1 aliphatic rings. The number of nitrogens with one attached hydrogen (secondary N) is 1.